The predicted octanol–water partition coefficient (Wildman–Crippen LogP) is 4.84. The lowest BCUT2D eigenvalue weighted by atomic mass is 10.0. The Morgan fingerprint density at radius 1 is 1.00 bits per heavy atom. The fourth-order valence-electron chi connectivity index (χ4n) is 2.49. The molecule has 0 radical (unpaired) electrons. The van der Waals surface area contributed by atoms with Gasteiger partial charge in [0.05, 0.1) is 0 Å². The molecule has 1 aliphatic carbocycles. The van der Waals surface area contributed by atoms with Gasteiger partial charge in [0.25, 0.3) is 0 Å². The molecule has 4 heteroatoms. The maximum atomic E-state index is 11.7. The molecule has 0 bridgehead atoms. The molecular formula is C19H23N3O. The molecule has 1 fully saturated rings. The second-order valence-electron chi connectivity index (χ2n) is 6.32. The summed E-state index contributed by atoms with van der Waals surface area (Å²) in [5.74, 6) is 0.464. The smallest absolute Gasteiger partial charge is 0.319 e. The minimum absolute atomic E-state index is 0.127. The van der Waals surface area contributed by atoms with Gasteiger partial charge >= 0.3 is 6.03 Å². The number of carbonyl (C=O) groups excluding carboxylic acids is 1. The lowest BCUT2D eigenvalue weighted by molar-refractivity contribution is 0.251. The van der Waals surface area contributed by atoms with Gasteiger partial charge in [-0.3, -0.25) is 0 Å². The molecule has 0 spiro atoms. The highest BCUT2D eigenvalue weighted by atomic mass is 16.2. The van der Waals surface area contributed by atoms with Crippen molar-refractivity contribution in [3.05, 3.63) is 54.1 Å². The molecule has 0 aliphatic heterocycles. The molecule has 120 valence electrons. The van der Waals surface area contributed by atoms with Gasteiger partial charge in [-0.05, 0) is 54.7 Å². The Morgan fingerprint density at radius 3 is 2.30 bits per heavy atom. The minimum atomic E-state index is -0.127. The highest BCUT2D eigenvalue weighted by Crippen LogP contribution is 2.27. The zero-order chi connectivity index (χ0) is 16.2. The van der Waals surface area contributed by atoms with Crippen molar-refractivity contribution < 1.29 is 4.79 Å². The number of para-hydroxylation sites is 1. The molecule has 0 unspecified atom stereocenters. The van der Waals surface area contributed by atoms with E-state index in [2.05, 4.69) is 48.0 Å². The van der Waals surface area contributed by atoms with E-state index in [-0.39, 0.29) is 6.03 Å². The number of nitrogens with one attached hydrogen (secondary N) is 3. The van der Waals surface area contributed by atoms with E-state index in [0.29, 0.717) is 12.0 Å². The predicted molar refractivity (Wildman–Crippen MR) is 95.4 cm³/mol. The van der Waals surface area contributed by atoms with Crippen LogP contribution < -0.4 is 16.0 Å². The van der Waals surface area contributed by atoms with Crippen molar-refractivity contribution in [2.75, 3.05) is 10.6 Å². The van der Waals surface area contributed by atoms with Gasteiger partial charge in [-0.1, -0.05) is 32.0 Å². The average Bonchev–Trinajstić information content (AvgIpc) is 3.33. The molecule has 4 nitrogen and oxygen atoms in total. The fraction of sp³-hybridized carbons (Fsp3) is 0.316. The Bertz CT molecular complexity index is 675. The number of hydrogen-bond donors (Lipinski definition) is 3. The van der Waals surface area contributed by atoms with E-state index in [1.165, 1.54) is 5.56 Å². The molecule has 1 saturated carbocycles. The van der Waals surface area contributed by atoms with Crippen LogP contribution in [0.1, 0.15) is 38.2 Å². The first-order chi connectivity index (χ1) is 11.1. The summed E-state index contributed by atoms with van der Waals surface area (Å²) >= 11 is 0. The maximum absolute atomic E-state index is 11.7. The number of benzene rings is 2. The Hall–Kier alpha value is -2.49. The summed E-state index contributed by atoms with van der Waals surface area (Å²) in [6, 6.07) is 16.3. The van der Waals surface area contributed by atoms with Gasteiger partial charge in [0.1, 0.15) is 0 Å². The Balaban J connectivity index is 1.64. The second-order valence-corrected chi connectivity index (χ2v) is 6.32. The normalized spacial score (nSPS) is 13.7. The van der Waals surface area contributed by atoms with Gasteiger partial charge in [-0.15, -0.1) is 0 Å². The molecule has 1 aliphatic rings. The lowest BCUT2D eigenvalue weighted by Gasteiger charge is -2.15. The molecule has 2 aromatic carbocycles. The Morgan fingerprint density at radius 2 is 1.65 bits per heavy atom. The fourth-order valence-corrected chi connectivity index (χ4v) is 2.49. The van der Waals surface area contributed by atoms with Crippen LogP contribution in [0.3, 0.4) is 0 Å². The van der Waals surface area contributed by atoms with E-state index >= 15 is 0 Å². The summed E-state index contributed by atoms with van der Waals surface area (Å²) in [6.07, 6.45) is 2.18. The van der Waals surface area contributed by atoms with Crippen LogP contribution in [-0.4, -0.2) is 12.1 Å². The third-order valence-corrected chi connectivity index (χ3v) is 3.92. The summed E-state index contributed by atoms with van der Waals surface area (Å²) in [4.78, 5) is 11.7. The molecule has 2 amide bonds. The zero-order valence-corrected chi connectivity index (χ0v) is 13.6. The molecule has 2 aromatic rings. The topological polar surface area (TPSA) is 53.2 Å². The number of hydrogen-bond acceptors (Lipinski definition) is 2. The third kappa shape index (κ3) is 4.25. The summed E-state index contributed by atoms with van der Waals surface area (Å²) < 4.78 is 0. The van der Waals surface area contributed by atoms with Crippen LogP contribution in [0.2, 0.25) is 0 Å². The van der Waals surface area contributed by atoms with Crippen molar-refractivity contribution in [1.82, 2.24) is 5.32 Å². The summed E-state index contributed by atoms with van der Waals surface area (Å²) in [5.41, 5.74) is 4.21. The van der Waals surface area contributed by atoms with Gasteiger partial charge in [0.15, 0.2) is 0 Å². The Labute approximate surface area is 137 Å². The van der Waals surface area contributed by atoms with Crippen LogP contribution >= 0.6 is 0 Å². The van der Waals surface area contributed by atoms with Gasteiger partial charge < -0.3 is 16.0 Å². The van der Waals surface area contributed by atoms with Crippen molar-refractivity contribution in [2.45, 2.75) is 38.6 Å². The van der Waals surface area contributed by atoms with Crippen LogP contribution in [-0.2, 0) is 0 Å². The van der Waals surface area contributed by atoms with E-state index in [1.807, 2.05) is 30.3 Å². The molecule has 0 atom stereocenters. The molecule has 3 rings (SSSR count). The van der Waals surface area contributed by atoms with Crippen LogP contribution in [0.4, 0.5) is 21.9 Å². The highest BCUT2D eigenvalue weighted by Gasteiger charge is 2.23. The summed E-state index contributed by atoms with van der Waals surface area (Å²) in [6.45, 7) is 4.37. The van der Waals surface area contributed by atoms with E-state index in [9.17, 15) is 4.79 Å². The standard InChI is InChI=1S/C19H23N3O/c1-13(2)17-5-3-4-6-18(17)20-14-7-9-15(10-8-14)21-19(23)22-16-11-12-16/h3-10,13,16,20H,11-12H2,1-2H3,(H2,21,22,23). The molecular weight excluding hydrogens is 286 g/mol. The molecule has 0 aromatic heterocycles. The first kappa shape index (κ1) is 15.4. The van der Waals surface area contributed by atoms with Crippen molar-refractivity contribution in [3.8, 4) is 0 Å². The molecule has 0 heterocycles. The van der Waals surface area contributed by atoms with Crippen LogP contribution in [0, 0.1) is 0 Å². The number of carbonyl (C=O) groups is 1. The van der Waals surface area contributed by atoms with Crippen molar-refractivity contribution in [3.63, 3.8) is 0 Å². The SMILES string of the molecule is CC(C)c1ccccc1Nc1ccc(NC(=O)NC2CC2)cc1. The first-order valence-electron chi connectivity index (χ1n) is 8.15. The van der Waals surface area contributed by atoms with Gasteiger partial charge in [0, 0.05) is 23.1 Å². The van der Waals surface area contributed by atoms with Crippen LogP contribution in [0.5, 0.6) is 0 Å². The maximum Gasteiger partial charge on any atom is 0.319 e. The van der Waals surface area contributed by atoms with Crippen molar-refractivity contribution in [2.24, 2.45) is 0 Å². The number of anilines is 3. The van der Waals surface area contributed by atoms with E-state index in [1.54, 1.807) is 0 Å². The van der Waals surface area contributed by atoms with Gasteiger partial charge in [0.2, 0.25) is 0 Å². The van der Waals surface area contributed by atoms with Crippen molar-refractivity contribution >= 4 is 23.1 Å². The third-order valence-electron chi connectivity index (χ3n) is 3.92. The van der Waals surface area contributed by atoms with Gasteiger partial charge in [-0.25, -0.2) is 4.79 Å². The quantitative estimate of drug-likeness (QED) is 0.740. The minimum Gasteiger partial charge on any atom is -0.355 e. The zero-order valence-electron chi connectivity index (χ0n) is 13.6. The van der Waals surface area contributed by atoms with E-state index in [0.717, 1.165) is 29.9 Å². The van der Waals surface area contributed by atoms with Crippen LogP contribution in [0.15, 0.2) is 48.5 Å². The molecule has 3 N–H and O–H groups in total. The second kappa shape index (κ2) is 6.73. The van der Waals surface area contributed by atoms with Gasteiger partial charge in [-0.2, -0.15) is 0 Å². The lowest BCUT2D eigenvalue weighted by Crippen LogP contribution is -2.30. The first-order valence-corrected chi connectivity index (χ1v) is 8.15. The molecule has 23 heavy (non-hydrogen) atoms. The summed E-state index contributed by atoms with van der Waals surface area (Å²) in [5, 5.41) is 9.22. The average molecular weight is 309 g/mol. The monoisotopic (exact) mass is 309 g/mol. The van der Waals surface area contributed by atoms with E-state index in [4.69, 9.17) is 0 Å². The molecule has 0 saturated heterocycles. The number of rotatable bonds is 5. The largest absolute Gasteiger partial charge is 0.355 e. The number of urea groups is 1. The van der Waals surface area contributed by atoms with Crippen LogP contribution in [0.25, 0.3) is 0 Å². The van der Waals surface area contributed by atoms with E-state index < -0.39 is 0 Å². The van der Waals surface area contributed by atoms with Crippen molar-refractivity contribution in [1.29, 1.82) is 0 Å². The Kier molecular flexibility index (Phi) is 4.51. The highest BCUT2D eigenvalue weighted by molar-refractivity contribution is 5.89. The number of amides is 2. The summed E-state index contributed by atoms with van der Waals surface area (Å²) in [7, 11) is 0.